The first kappa shape index (κ1) is 12.8. The molecule has 0 radical (unpaired) electrons. The summed E-state index contributed by atoms with van der Waals surface area (Å²) in [5.74, 6) is -0.227. The van der Waals surface area contributed by atoms with Crippen molar-refractivity contribution in [2.45, 2.75) is 38.9 Å². The Morgan fingerprint density at radius 1 is 1.50 bits per heavy atom. The third-order valence-corrected chi connectivity index (χ3v) is 3.15. The van der Waals surface area contributed by atoms with Crippen LogP contribution < -0.4 is 5.32 Å². The zero-order valence-electron chi connectivity index (χ0n) is 10.9. The molecule has 0 saturated carbocycles. The minimum Gasteiger partial charge on any atom is -0.300 e. The lowest BCUT2D eigenvalue weighted by molar-refractivity contribution is -0.140. The van der Waals surface area contributed by atoms with Crippen LogP contribution >= 0.6 is 0 Å². The second-order valence-corrected chi connectivity index (χ2v) is 4.78. The zero-order chi connectivity index (χ0) is 13.3. The van der Waals surface area contributed by atoms with Crippen molar-refractivity contribution in [2.75, 3.05) is 0 Å². The van der Waals surface area contributed by atoms with E-state index in [0.717, 1.165) is 5.69 Å². The Balaban J connectivity index is 1.98. The maximum Gasteiger partial charge on any atom is 0.247 e. The molecule has 2 amide bonds. The summed E-state index contributed by atoms with van der Waals surface area (Å²) in [7, 11) is 1.85. The van der Waals surface area contributed by atoms with E-state index in [4.69, 9.17) is 0 Å². The fourth-order valence-corrected chi connectivity index (χ4v) is 2.16. The maximum absolute atomic E-state index is 12.0. The number of aromatic nitrogens is 2. The van der Waals surface area contributed by atoms with Gasteiger partial charge in [-0.3, -0.25) is 24.5 Å². The van der Waals surface area contributed by atoms with Crippen LogP contribution in [-0.4, -0.2) is 38.6 Å². The van der Waals surface area contributed by atoms with Gasteiger partial charge in [0.15, 0.2) is 0 Å². The molecule has 98 valence electrons. The molecular formula is C12H18N4O2. The highest BCUT2D eigenvalue weighted by Crippen LogP contribution is 2.16. The van der Waals surface area contributed by atoms with E-state index in [9.17, 15) is 9.59 Å². The number of carbonyl (C=O) groups excluding carboxylic acids is 2. The normalized spacial score (nSPS) is 20.2. The van der Waals surface area contributed by atoms with Gasteiger partial charge in [0, 0.05) is 25.8 Å². The van der Waals surface area contributed by atoms with Gasteiger partial charge in [-0.05, 0) is 19.9 Å². The SMILES string of the molecule is CC(C)N1C(=O)CC(NCc2ccnn2C)C1=O. The molecule has 2 heterocycles. The molecule has 1 atom stereocenters. The third-order valence-electron chi connectivity index (χ3n) is 3.15. The van der Waals surface area contributed by atoms with Gasteiger partial charge in [0.1, 0.15) is 0 Å². The molecule has 0 aliphatic carbocycles. The number of likely N-dealkylation sites (tertiary alicyclic amines) is 1. The first-order valence-electron chi connectivity index (χ1n) is 6.07. The Bertz CT molecular complexity index is 466. The summed E-state index contributed by atoms with van der Waals surface area (Å²) in [6, 6.07) is 1.40. The molecule has 1 N–H and O–H groups in total. The summed E-state index contributed by atoms with van der Waals surface area (Å²) in [6.07, 6.45) is 1.95. The van der Waals surface area contributed by atoms with Gasteiger partial charge in [-0.25, -0.2) is 0 Å². The Kier molecular flexibility index (Phi) is 3.47. The lowest BCUT2D eigenvalue weighted by Crippen LogP contribution is -2.41. The minimum atomic E-state index is -0.408. The van der Waals surface area contributed by atoms with Crippen LogP contribution in [0.1, 0.15) is 26.0 Å². The van der Waals surface area contributed by atoms with Gasteiger partial charge >= 0.3 is 0 Å². The van der Waals surface area contributed by atoms with Crippen LogP contribution in [0.4, 0.5) is 0 Å². The summed E-state index contributed by atoms with van der Waals surface area (Å²) in [6.45, 7) is 4.23. The predicted octanol–water partition coefficient (Wildman–Crippen LogP) is 0.0456. The molecule has 18 heavy (non-hydrogen) atoms. The monoisotopic (exact) mass is 250 g/mol. The second kappa shape index (κ2) is 4.89. The summed E-state index contributed by atoms with van der Waals surface area (Å²) >= 11 is 0. The minimum absolute atomic E-state index is 0.0755. The van der Waals surface area contributed by atoms with Crippen molar-refractivity contribution in [1.82, 2.24) is 20.0 Å². The van der Waals surface area contributed by atoms with Crippen molar-refractivity contribution >= 4 is 11.8 Å². The summed E-state index contributed by atoms with van der Waals surface area (Å²) < 4.78 is 1.74. The van der Waals surface area contributed by atoms with Crippen molar-refractivity contribution in [1.29, 1.82) is 0 Å². The first-order valence-corrected chi connectivity index (χ1v) is 6.07. The maximum atomic E-state index is 12.0. The zero-order valence-corrected chi connectivity index (χ0v) is 10.9. The standard InChI is InChI=1S/C12H18N4O2/c1-8(2)16-11(17)6-10(12(16)18)13-7-9-4-5-14-15(9)3/h4-5,8,10,13H,6-7H2,1-3H3. The Hall–Kier alpha value is -1.69. The Morgan fingerprint density at radius 3 is 2.72 bits per heavy atom. The highest BCUT2D eigenvalue weighted by molar-refractivity contribution is 6.05. The molecule has 1 fully saturated rings. The van der Waals surface area contributed by atoms with E-state index in [0.29, 0.717) is 6.54 Å². The van der Waals surface area contributed by atoms with E-state index in [2.05, 4.69) is 10.4 Å². The van der Waals surface area contributed by atoms with Crippen LogP contribution in [0.15, 0.2) is 12.3 Å². The second-order valence-electron chi connectivity index (χ2n) is 4.78. The molecule has 1 aliphatic rings. The highest BCUT2D eigenvalue weighted by Gasteiger charge is 2.39. The average Bonchev–Trinajstić information content (AvgIpc) is 2.80. The molecule has 0 aromatic carbocycles. The van der Waals surface area contributed by atoms with E-state index in [-0.39, 0.29) is 24.3 Å². The molecule has 2 rings (SSSR count). The summed E-state index contributed by atoms with van der Waals surface area (Å²) in [4.78, 5) is 25.1. The first-order chi connectivity index (χ1) is 8.50. The molecule has 0 bridgehead atoms. The number of hydrogen-bond acceptors (Lipinski definition) is 4. The lowest BCUT2D eigenvalue weighted by Gasteiger charge is -2.19. The highest BCUT2D eigenvalue weighted by atomic mass is 16.2. The van der Waals surface area contributed by atoms with Gasteiger partial charge in [-0.2, -0.15) is 5.10 Å². The number of rotatable bonds is 4. The van der Waals surface area contributed by atoms with Gasteiger partial charge in [0.05, 0.1) is 18.2 Å². The molecular weight excluding hydrogens is 232 g/mol. The van der Waals surface area contributed by atoms with Crippen LogP contribution in [0.3, 0.4) is 0 Å². The van der Waals surface area contributed by atoms with Crippen molar-refractivity contribution in [2.24, 2.45) is 7.05 Å². The molecule has 1 aromatic heterocycles. The predicted molar refractivity (Wildman–Crippen MR) is 65.4 cm³/mol. The van der Waals surface area contributed by atoms with Gasteiger partial charge in [0.25, 0.3) is 0 Å². The molecule has 6 heteroatoms. The van der Waals surface area contributed by atoms with Crippen LogP contribution in [0, 0.1) is 0 Å². The van der Waals surface area contributed by atoms with Gasteiger partial charge < -0.3 is 0 Å². The van der Waals surface area contributed by atoms with E-state index >= 15 is 0 Å². The Labute approximate surface area is 106 Å². The fraction of sp³-hybridized carbons (Fsp3) is 0.583. The molecule has 1 unspecified atom stereocenters. The molecule has 1 aliphatic heterocycles. The van der Waals surface area contributed by atoms with E-state index in [1.54, 1.807) is 10.9 Å². The van der Waals surface area contributed by atoms with Gasteiger partial charge in [-0.1, -0.05) is 0 Å². The van der Waals surface area contributed by atoms with E-state index in [1.807, 2.05) is 27.0 Å². The smallest absolute Gasteiger partial charge is 0.247 e. The topological polar surface area (TPSA) is 67.2 Å². The van der Waals surface area contributed by atoms with E-state index in [1.165, 1.54) is 4.90 Å². The van der Waals surface area contributed by atoms with Crippen LogP contribution in [0.25, 0.3) is 0 Å². The van der Waals surface area contributed by atoms with Crippen molar-refractivity contribution < 1.29 is 9.59 Å². The third kappa shape index (κ3) is 2.28. The van der Waals surface area contributed by atoms with Crippen LogP contribution in [-0.2, 0) is 23.2 Å². The van der Waals surface area contributed by atoms with Crippen LogP contribution in [0.5, 0.6) is 0 Å². The van der Waals surface area contributed by atoms with Crippen molar-refractivity contribution in [3.63, 3.8) is 0 Å². The largest absolute Gasteiger partial charge is 0.300 e. The molecule has 6 nitrogen and oxygen atoms in total. The molecule has 1 saturated heterocycles. The number of aryl methyl sites for hydroxylation is 1. The number of hydrogen-bond donors (Lipinski definition) is 1. The fourth-order valence-electron chi connectivity index (χ4n) is 2.16. The number of amides is 2. The molecule has 0 spiro atoms. The van der Waals surface area contributed by atoms with Gasteiger partial charge in [0.2, 0.25) is 11.8 Å². The van der Waals surface area contributed by atoms with Crippen molar-refractivity contribution in [3.8, 4) is 0 Å². The van der Waals surface area contributed by atoms with E-state index < -0.39 is 6.04 Å². The average molecular weight is 250 g/mol. The van der Waals surface area contributed by atoms with Gasteiger partial charge in [-0.15, -0.1) is 0 Å². The van der Waals surface area contributed by atoms with Crippen LogP contribution in [0.2, 0.25) is 0 Å². The quantitative estimate of drug-likeness (QED) is 0.766. The molecule has 1 aromatic rings. The number of nitrogens with zero attached hydrogens (tertiary/aromatic N) is 3. The number of nitrogens with one attached hydrogen (secondary N) is 1. The summed E-state index contributed by atoms with van der Waals surface area (Å²) in [5, 5.41) is 7.17. The Morgan fingerprint density at radius 2 is 2.22 bits per heavy atom. The summed E-state index contributed by atoms with van der Waals surface area (Å²) in [5.41, 5.74) is 0.984. The number of imide groups is 1. The number of carbonyl (C=O) groups is 2. The lowest BCUT2D eigenvalue weighted by atomic mass is 10.2. The van der Waals surface area contributed by atoms with Crippen molar-refractivity contribution in [3.05, 3.63) is 18.0 Å².